The third-order valence-electron chi connectivity index (χ3n) is 2.24. The molecule has 15 heavy (non-hydrogen) atoms. The minimum atomic E-state index is 0. The molecule has 0 aliphatic rings. The smallest absolute Gasteiger partial charge is 1.00 e. The van der Waals surface area contributed by atoms with Crippen LogP contribution in [0.4, 0.5) is 0 Å². The fourth-order valence-corrected chi connectivity index (χ4v) is 1.61. The van der Waals surface area contributed by atoms with Gasteiger partial charge in [0.1, 0.15) is 0 Å². The van der Waals surface area contributed by atoms with Crippen LogP contribution in [0.2, 0.25) is 0 Å². The molecule has 4 heteroatoms. The van der Waals surface area contributed by atoms with E-state index in [4.69, 9.17) is 0 Å². The summed E-state index contributed by atoms with van der Waals surface area (Å²) >= 11 is 0. The Kier molecular flexibility index (Phi) is 4.36. The average Bonchev–Trinajstić information content (AvgIpc) is 2.65. The second-order valence-electron chi connectivity index (χ2n) is 3.02. The maximum absolute atomic E-state index is 4.32. The molecular formula is C11H7IMgN2. The van der Waals surface area contributed by atoms with E-state index >= 15 is 0 Å². The summed E-state index contributed by atoms with van der Waals surface area (Å²) < 4.78 is 0. The van der Waals surface area contributed by atoms with Crippen LogP contribution in [0, 0.1) is 0 Å². The summed E-state index contributed by atoms with van der Waals surface area (Å²) in [5.74, 6) is 0. The van der Waals surface area contributed by atoms with Gasteiger partial charge >= 0.3 is 23.1 Å². The van der Waals surface area contributed by atoms with Crippen molar-refractivity contribution in [1.29, 1.82) is 0 Å². The fourth-order valence-electron chi connectivity index (χ4n) is 1.61. The summed E-state index contributed by atoms with van der Waals surface area (Å²) in [6.07, 6.45) is 3.62. The van der Waals surface area contributed by atoms with E-state index in [0.29, 0.717) is 0 Å². The summed E-state index contributed by atoms with van der Waals surface area (Å²) in [5.41, 5.74) is 1.99. The number of nitrogens with zero attached hydrogens (tertiary/aromatic N) is 2. The van der Waals surface area contributed by atoms with Crippen molar-refractivity contribution in [2.75, 3.05) is 0 Å². The number of halogens is 1. The molecule has 0 spiro atoms. The zero-order chi connectivity index (χ0) is 8.67. The predicted octanol–water partition coefficient (Wildman–Crippen LogP) is -1.03. The molecule has 3 rings (SSSR count). The normalized spacial score (nSPS) is 9.60. The monoisotopic (exact) mass is 318 g/mol. The molecule has 0 unspecified atom stereocenters. The number of pyridine rings is 1. The third-order valence-corrected chi connectivity index (χ3v) is 2.24. The van der Waals surface area contributed by atoms with E-state index in [-0.39, 0.29) is 47.0 Å². The van der Waals surface area contributed by atoms with E-state index in [1.54, 1.807) is 6.20 Å². The Labute approximate surface area is 121 Å². The first-order valence-corrected chi connectivity index (χ1v) is 4.20. The van der Waals surface area contributed by atoms with E-state index in [2.05, 4.69) is 28.2 Å². The van der Waals surface area contributed by atoms with Crippen LogP contribution >= 0.6 is 0 Å². The molecule has 0 N–H and O–H groups in total. The molecule has 0 amide bonds. The molecule has 0 atom stereocenters. The van der Waals surface area contributed by atoms with Crippen LogP contribution in [0.5, 0.6) is 0 Å². The van der Waals surface area contributed by atoms with E-state index in [9.17, 15) is 0 Å². The van der Waals surface area contributed by atoms with Crippen LogP contribution in [0.1, 0.15) is 0 Å². The summed E-state index contributed by atoms with van der Waals surface area (Å²) in [5, 5.41) is 2.31. The maximum Gasteiger partial charge on any atom is 2.00 e. The molecule has 0 saturated carbocycles. The second kappa shape index (κ2) is 5.13. The van der Waals surface area contributed by atoms with Crippen LogP contribution < -0.4 is 29.0 Å². The van der Waals surface area contributed by atoms with Crippen molar-refractivity contribution >= 4 is 44.9 Å². The first-order valence-electron chi connectivity index (χ1n) is 4.20. The van der Waals surface area contributed by atoms with Crippen molar-refractivity contribution in [3.05, 3.63) is 42.7 Å². The Balaban J connectivity index is 0.000000562. The third kappa shape index (κ3) is 2.11. The number of rotatable bonds is 0. The van der Waals surface area contributed by atoms with Crippen LogP contribution in [-0.4, -0.2) is 28.0 Å². The molecular weight excluding hydrogens is 311 g/mol. The van der Waals surface area contributed by atoms with Crippen molar-refractivity contribution < 1.29 is 24.0 Å². The Morgan fingerprint density at radius 2 is 1.80 bits per heavy atom. The van der Waals surface area contributed by atoms with Gasteiger partial charge in [0, 0.05) is 6.20 Å². The Morgan fingerprint density at radius 3 is 2.67 bits per heavy atom. The van der Waals surface area contributed by atoms with Crippen molar-refractivity contribution in [2.24, 2.45) is 0 Å². The van der Waals surface area contributed by atoms with Gasteiger partial charge in [0.15, 0.2) is 0 Å². The molecule has 0 fully saturated rings. The minimum absolute atomic E-state index is 0. The SMILES string of the molecule is [I-].[Mg+2].c1cnc2c(c1)ccc1cc[n-]c12. The van der Waals surface area contributed by atoms with Gasteiger partial charge in [-0.3, -0.25) is 4.98 Å². The van der Waals surface area contributed by atoms with E-state index < -0.39 is 0 Å². The quantitative estimate of drug-likeness (QED) is 0.391. The van der Waals surface area contributed by atoms with E-state index in [0.717, 1.165) is 21.8 Å². The number of fused-ring (bicyclic) bond motifs is 3. The number of hydrogen-bond acceptors (Lipinski definition) is 1. The van der Waals surface area contributed by atoms with Gasteiger partial charge < -0.3 is 29.0 Å². The Hall–Kier alpha value is -0.334. The molecule has 2 aromatic heterocycles. The molecule has 0 bridgehead atoms. The second-order valence-corrected chi connectivity index (χ2v) is 3.02. The standard InChI is InChI=1S/C11H7N2.HI.Mg/c1-2-8-3-4-9-5-7-13-11(9)10(8)12-6-1;;/h1-7H;1H;/q-1;;+2/p-1. The molecule has 3 aromatic rings. The molecule has 0 saturated heterocycles. The van der Waals surface area contributed by atoms with Gasteiger partial charge in [0.05, 0.1) is 5.52 Å². The minimum Gasteiger partial charge on any atom is -1.00 e. The molecule has 70 valence electrons. The first-order chi connectivity index (χ1) is 6.45. The van der Waals surface area contributed by atoms with E-state index in [1.165, 1.54) is 0 Å². The Bertz CT molecular complexity index is 577. The average molecular weight is 318 g/mol. The van der Waals surface area contributed by atoms with Crippen LogP contribution in [0.25, 0.3) is 21.8 Å². The Morgan fingerprint density at radius 1 is 1.00 bits per heavy atom. The number of hydrogen-bond donors (Lipinski definition) is 0. The van der Waals surface area contributed by atoms with Gasteiger partial charge in [0.25, 0.3) is 0 Å². The summed E-state index contributed by atoms with van der Waals surface area (Å²) in [6, 6.07) is 10.1. The molecule has 0 radical (unpaired) electrons. The summed E-state index contributed by atoms with van der Waals surface area (Å²) in [4.78, 5) is 8.60. The van der Waals surface area contributed by atoms with Gasteiger partial charge in [-0.25, -0.2) is 0 Å². The number of benzene rings is 1. The van der Waals surface area contributed by atoms with Crippen molar-refractivity contribution in [3.63, 3.8) is 0 Å². The van der Waals surface area contributed by atoms with Crippen LogP contribution in [-0.2, 0) is 0 Å². The largest absolute Gasteiger partial charge is 2.00 e. The zero-order valence-corrected chi connectivity index (χ0v) is 11.6. The van der Waals surface area contributed by atoms with Crippen molar-refractivity contribution in [1.82, 2.24) is 9.97 Å². The molecule has 0 aliphatic heterocycles. The van der Waals surface area contributed by atoms with E-state index in [1.807, 2.05) is 18.3 Å². The van der Waals surface area contributed by atoms with Gasteiger partial charge in [-0.1, -0.05) is 24.3 Å². The summed E-state index contributed by atoms with van der Waals surface area (Å²) in [6.45, 7) is 0. The molecule has 2 heterocycles. The first kappa shape index (κ1) is 12.7. The van der Waals surface area contributed by atoms with Crippen molar-refractivity contribution in [2.45, 2.75) is 0 Å². The van der Waals surface area contributed by atoms with Gasteiger partial charge in [-0.2, -0.15) is 6.20 Å². The molecule has 0 aliphatic carbocycles. The maximum atomic E-state index is 4.32. The predicted molar refractivity (Wildman–Crippen MR) is 58.3 cm³/mol. The van der Waals surface area contributed by atoms with Crippen molar-refractivity contribution in [3.8, 4) is 0 Å². The fraction of sp³-hybridized carbons (Fsp3) is 0. The van der Waals surface area contributed by atoms with Crippen LogP contribution in [0.3, 0.4) is 0 Å². The zero-order valence-electron chi connectivity index (χ0n) is 8.02. The number of aromatic nitrogens is 2. The summed E-state index contributed by atoms with van der Waals surface area (Å²) in [7, 11) is 0. The topological polar surface area (TPSA) is 27.0 Å². The van der Waals surface area contributed by atoms with Gasteiger partial charge in [-0.15, -0.1) is 5.52 Å². The van der Waals surface area contributed by atoms with Gasteiger partial charge in [0.2, 0.25) is 0 Å². The van der Waals surface area contributed by atoms with Gasteiger partial charge in [-0.05, 0) is 16.8 Å². The molecule has 1 aromatic carbocycles. The van der Waals surface area contributed by atoms with Crippen LogP contribution in [0.15, 0.2) is 42.7 Å². The molecule has 2 nitrogen and oxygen atoms in total.